The highest BCUT2D eigenvalue weighted by molar-refractivity contribution is 5.91. The highest BCUT2D eigenvalue weighted by atomic mass is 19.1. The van der Waals surface area contributed by atoms with Crippen molar-refractivity contribution in [3.63, 3.8) is 0 Å². The Bertz CT molecular complexity index is 821. The molecular weight excluding hydrogens is 337 g/mol. The molecule has 0 unspecified atom stereocenters. The number of amides is 2. The van der Waals surface area contributed by atoms with Gasteiger partial charge in [-0.15, -0.1) is 0 Å². The summed E-state index contributed by atoms with van der Waals surface area (Å²) in [6.45, 7) is 5.37. The molecule has 3 N–H and O–H groups in total. The Hall–Kier alpha value is -2.96. The number of carboxylic acids is 1. The molecule has 7 heteroatoms. The summed E-state index contributed by atoms with van der Waals surface area (Å²) in [5.41, 5.74) is 2.09. The SMILES string of the molecule is Cc1ccc(-c2cncc(F)c2)cc1NC(=O)NC(C)(C)CCC(=O)O. The average Bonchev–Trinajstić information content (AvgIpc) is 2.54. The van der Waals surface area contributed by atoms with Crippen molar-refractivity contribution in [2.75, 3.05) is 5.32 Å². The number of carboxylic acid groups (broad SMARTS) is 1. The van der Waals surface area contributed by atoms with E-state index in [2.05, 4.69) is 15.6 Å². The van der Waals surface area contributed by atoms with E-state index in [4.69, 9.17) is 5.11 Å². The Balaban J connectivity index is 2.12. The second kappa shape index (κ2) is 7.95. The number of anilines is 1. The predicted molar refractivity (Wildman–Crippen MR) is 97.5 cm³/mol. The molecule has 0 saturated carbocycles. The molecule has 1 aromatic heterocycles. The first-order chi connectivity index (χ1) is 12.2. The topological polar surface area (TPSA) is 91.3 Å². The first-order valence-corrected chi connectivity index (χ1v) is 8.19. The Labute approximate surface area is 151 Å². The number of halogens is 1. The van der Waals surface area contributed by atoms with E-state index >= 15 is 0 Å². The van der Waals surface area contributed by atoms with Crippen LogP contribution in [0.2, 0.25) is 0 Å². The molecule has 138 valence electrons. The number of urea groups is 1. The van der Waals surface area contributed by atoms with E-state index in [1.54, 1.807) is 26.1 Å². The number of carbonyl (C=O) groups excluding carboxylic acids is 1. The number of aryl methyl sites for hydroxylation is 1. The fourth-order valence-corrected chi connectivity index (χ4v) is 2.45. The third-order valence-corrected chi connectivity index (χ3v) is 3.94. The first-order valence-electron chi connectivity index (χ1n) is 8.19. The van der Waals surface area contributed by atoms with Crippen LogP contribution in [0.5, 0.6) is 0 Å². The minimum absolute atomic E-state index is 0.0334. The summed E-state index contributed by atoms with van der Waals surface area (Å²) in [4.78, 5) is 26.8. The zero-order chi connectivity index (χ0) is 19.3. The van der Waals surface area contributed by atoms with Gasteiger partial charge < -0.3 is 15.7 Å². The second-order valence-corrected chi connectivity index (χ2v) is 6.78. The lowest BCUT2D eigenvalue weighted by Crippen LogP contribution is -2.45. The maximum absolute atomic E-state index is 13.4. The zero-order valence-corrected chi connectivity index (χ0v) is 15.0. The highest BCUT2D eigenvalue weighted by Crippen LogP contribution is 2.25. The van der Waals surface area contributed by atoms with Gasteiger partial charge in [0.25, 0.3) is 0 Å². The number of benzene rings is 1. The molecule has 2 amide bonds. The third kappa shape index (κ3) is 5.54. The number of nitrogens with zero attached hydrogens (tertiary/aromatic N) is 1. The number of pyridine rings is 1. The van der Waals surface area contributed by atoms with E-state index in [0.717, 1.165) is 17.3 Å². The molecule has 0 aliphatic heterocycles. The summed E-state index contributed by atoms with van der Waals surface area (Å²) < 4.78 is 13.4. The first kappa shape index (κ1) is 19.4. The highest BCUT2D eigenvalue weighted by Gasteiger charge is 2.21. The van der Waals surface area contributed by atoms with E-state index in [-0.39, 0.29) is 6.42 Å². The Morgan fingerprint density at radius 3 is 2.58 bits per heavy atom. The number of hydrogen-bond acceptors (Lipinski definition) is 3. The van der Waals surface area contributed by atoms with Crippen molar-refractivity contribution in [1.82, 2.24) is 10.3 Å². The summed E-state index contributed by atoms with van der Waals surface area (Å²) in [5.74, 6) is -1.34. The second-order valence-electron chi connectivity index (χ2n) is 6.78. The van der Waals surface area contributed by atoms with Gasteiger partial charge in [-0.1, -0.05) is 12.1 Å². The van der Waals surface area contributed by atoms with Gasteiger partial charge in [0.05, 0.1) is 6.20 Å². The van der Waals surface area contributed by atoms with Gasteiger partial charge in [0.1, 0.15) is 5.82 Å². The summed E-state index contributed by atoms with van der Waals surface area (Å²) in [6, 6.07) is 6.33. The van der Waals surface area contributed by atoms with Gasteiger partial charge in [-0.2, -0.15) is 0 Å². The van der Waals surface area contributed by atoms with Gasteiger partial charge in [0.2, 0.25) is 0 Å². The van der Waals surface area contributed by atoms with E-state index in [0.29, 0.717) is 17.7 Å². The molecular formula is C19H22FN3O3. The molecule has 0 bridgehead atoms. The molecule has 0 radical (unpaired) electrons. The molecule has 0 fully saturated rings. The van der Waals surface area contributed by atoms with Gasteiger partial charge in [0.15, 0.2) is 0 Å². The summed E-state index contributed by atoms with van der Waals surface area (Å²) >= 11 is 0. The fraction of sp³-hybridized carbons (Fsp3) is 0.316. The fourth-order valence-electron chi connectivity index (χ4n) is 2.45. The number of carbonyl (C=O) groups is 2. The lowest BCUT2D eigenvalue weighted by molar-refractivity contribution is -0.137. The minimum Gasteiger partial charge on any atom is -0.481 e. The van der Waals surface area contributed by atoms with E-state index < -0.39 is 23.4 Å². The maximum atomic E-state index is 13.4. The van der Waals surface area contributed by atoms with Crippen LogP contribution in [0, 0.1) is 12.7 Å². The van der Waals surface area contributed by atoms with Crippen LogP contribution < -0.4 is 10.6 Å². The van der Waals surface area contributed by atoms with Crippen molar-refractivity contribution in [3.05, 3.63) is 48.0 Å². The summed E-state index contributed by atoms with van der Waals surface area (Å²) in [6.07, 6.45) is 2.95. The van der Waals surface area contributed by atoms with Crippen molar-refractivity contribution >= 4 is 17.7 Å². The molecule has 26 heavy (non-hydrogen) atoms. The van der Waals surface area contributed by atoms with Crippen LogP contribution >= 0.6 is 0 Å². The number of aliphatic carboxylic acids is 1. The van der Waals surface area contributed by atoms with Crippen molar-refractivity contribution < 1.29 is 19.1 Å². The van der Waals surface area contributed by atoms with Crippen LogP contribution in [0.25, 0.3) is 11.1 Å². The van der Waals surface area contributed by atoms with Crippen LogP contribution in [-0.2, 0) is 4.79 Å². The van der Waals surface area contributed by atoms with Crippen LogP contribution in [0.3, 0.4) is 0 Å². The van der Waals surface area contributed by atoms with Crippen molar-refractivity contribution in [3.8, 4) is 11.1 Å². The lowest BCUT2D eigenvalue weighted by Gasteiger charge is -2.26. The van der Waals surface area contributed by atoms with E-state index in [9.17, 15) is 14.0 Å². The molecule has 0 aliphatic carbocycles. The third-order valence-electron chi connectivity index (χ3n) is 3.94. The lowest BCUT2D eigenvalue weighted by atomic mass is 9.99. The van der Waals surface area contributed by atoms with Crippen molar-refractivity contribution in [1.29, 1.82) is 0 Å². The van der Waals surface area contributed by atoms with E-state index in [1.807, 2.05) is 19.1 Å². The molecule has 2 rings (SSSR count). The number of rotatable bonds is 6. The Kier molecular flexibility index (Phi) is 5.92. The molecule has 0 aliphatic rings. The van der Waals surface area contributed by atoms with Crippen LogP contribution in [-0.4, -0.2) is 27.6 Å². The van der Waals surface area contributed by atoms with Gasteiger partial charge >= 0.3 is 12.0 Å². The van der Waals surface area contributed by atoms with Gasteiger partial charge in [-0.25, -0.2) is 9.18 Å². The summed E-state index contributed by atoms with van der Waals surface area (Å²) in [7, 11) is 0. The number of nitrogens with one attached hydrogen (secondary N) is 2. The average molecular weight is 359 g/mol. The minimum atomic E-state index is -0.910. The smallest absolute Gasteiger partial charge is 0.319 e. The maximum Gasteiger partial charge on any atom is 0.319 e. The van der Waals surface area contributed by atoms with Gasteiger partial charge in [-0.3, -0.25) is 9.78 Å². The van der Waals surface area contributed by atoms with Gasteiger partial charge in [0, 0.05) is 29.4 Å². The standard InChI is InChI=1S/C19H22FN3O3/c1-12-4-5-13(14-8-15(20)11-21-10-14)9-16(12)22-18(26)23-19(2,3)7-6-17(24)25/h4-5,8-11H,6-7H2,1-3H3,(H,24,25)(H2,22,23,26). The molecule has 6 nitrogen and oxygen atoms in total. The quantitative estimate of drug-likeness (QED) is 0.728. The molecule has 0 atom stereocenters. The van der Waals surface area contributed by atoms with Crippen LogP contribution in [0.4, 0.5) is 14.9 Å². The van der Waals surface area contributed by atoms with Gasteiger partial charge in [-0.05, 0) is 50.5 Å². The molecule has 0 saturated heterocycles. The number of aromatic nitrogens is 1. The van der Waals surface area contributed by atoms with Crippen LogP contribution in [0.1, 0.15) is 32.3 Å². The normalized spacial score (nSPS) is 11.1. The molecule has 2 aromatic rings. The zero-order valence-electron chi connectivity index (χ0n) is 15.0. The molecule has 1 heterocycles. The predicted octanol–water partition coefficient (Wildman–Crippen LogP) is 3.96. The van der Waals surface area contributed by atoms with Crippen molar-refractivity contribution in [2.24, 2.45) is 0 Å². The molecule has 1 aromatic carbocycles. The largest absolute Gasteiger partial charge is 0.481 e. The monoisotopic (exact) mass is 359 g/mol. The van der Waals surface area contributed by atoms with E-state index in [1.165, 1.54) is 6.07 Å². The van der Waals surface area contributed by atoms with Crippen LogP contribution in [0.15, 0.2) is 36.7 Å². The number of hydrogen-bond donors (Lipinski definition) is 3. The summed E-state index contributed by atoms with van der Waals surface area (Å²) in [5, 5.41) is 14.3. The Morgan fingerprint density at radius 2 is 1.92 bits per heavy atom. The van der Waals surface area contributed by atoms with Crippen molar-refractivity contribution in [2.45, 2.75) is 39.2 Å². The Morgan fingerprint density at radius 1 is 1.19 bits per heavy atom. The molecule has 0 spiro atoms.